The van der Waals surface area contributed by atoms with E-state index in [4.69, 9.17) is 4.74 Å². The lowest BCUT2D eigenvalue weighted by atomic mass is 10.1. The summed E-state index contributed by atoms with van der Waals surface area (Å²) in [4.78, 5) is 34.3. The van der Waals surface area contributed by atoms with Crippen molar-refractivity contribution < 1.29 is 19.2 Å². The minimum atomic E-state index is -0.584. The van der Waals surface area contributed by atoms with E-state index in [1.54, 1.807) is 38.2 Å². The van der Waals surface area contributed by atoms with Gasteiger partial charge in [-0.3, -0.25) is 19.7 Å². The lowest BCUT2D eigenvalue weighted by molar-refractivity contribution is -0.385. The molecule has 0 aromatic heterocycles. The molecular formula is C18H19N3O5. The van der Waals surface area contributed by atoms with Crippen molar-refractivity contribution in [1.82, 2.24) is 10.6 Å². The molecule has 0 fully saturated rings. The predicted molar refractivity (Wildman–Crippen MR) is 95.3 cm³/mol. The van der Waals surface area contributed by atoms with Crippen LogP contribution >= 0.6 is 0 Å². The van der Waals surface area contributed by atoms with Crippen molar-refractivity contribution in [3.63, 3.8) is 0 Å². The average Bonchev–Trinajstić information content (AvgIpc) is 2.66. The number of ether oxygens (including phenoxy) is 1. The van der Waals surface area contributed by atoms with E-state index in [1.165, 1.54) is 18.2 Å². The molecule has 0 aliphatic carbocycles. The molecular weight excluding hydrogens is 338 g/mol. The number of hydrogen-bond acceptors (Lipinski definition) is 5. The Morgan fingerprint density at radius 3 is 2.31 bits per heavy atom. The Bertz CT molecular complexity index is 818. The summed E-state index contributed by atoms with van der Waals surface area (Å²) in [5, 5.41) is 16.3. The molecule has 2 N–H and O–H groups in total. The van der Waals surface area contributed by atoms with Crippen LogP contribution in [0.5, 0.6) is 5.75 Å². The van der Waals surface area contributed by atoms with E-state index in [2.05, 4.69) is 10.6 Å². The second-order valence-electron chi connectivity index (χ2n) is 5.33. The van der Waals surface area contributed by atoms with Crippen LogP contribution < -0.4 is 15.4 Å². The number of carbonyl (C=O) groups is 2. The number of amides is 2. The monoisotopic (exact) mass is 357 g/mol. The Labute approximate surface area is 150 Å². The summed E-state index contributed by atoms with van der Waals surface area (Å²) in [6, 6.07) is 10.8. The number of carbonyl (C=O) groups excluding carboxylic acids is 2. The molecule has 0 heterocycles. The minimum Gasteiger partial charge on any atom is -0.487 e. The Morgan fingerprint density at radius 1 is 1.08 bits per heavy atom. The van der Waals surface area contributed by atoms with Gasteiger partial charge < -0.3 is 15.4 Å². The number of nitrogens with zero attached hydrogens (tertiary/aromatic N) is 1. The van der Waals surface area contributed by atoms with Gasteiger partial charge in [0.15, 0.2) is 5.75 Å². The molecule has 0 saturated heterocycles. The van der Waals surface area contributed by atoms with Crippen LogP contribution in [0.4, 0.5) is 5.69 Å². The third kappa shape index (κ3) is 4.56. The highest BCUT2D eigenvalue weighted by Crippen LogP contribution is 2.27. The molecule has 0 aliphatic heterocycles. The van der Waals surface area contributed by atoms with Crippen molar-refractivity contribution in [1.29, 1.82) is 0 Å². The number of nitro benzene ring substituents is 1. The van der Waals surface area contributed by atoms with Crippen LogP contribution in [0.1, 0.15) is 33.2 Å². The van der Waals surface area contributed by atoms with Crippen LogP contribution in [0.25, 0.3) is 0 Å². The Morgan fingerprint density at radius 2 is 1.73 bits per heavy atom. The van der Waals surface area contributed by atoms with Gasteiger partial charge in [0.2, 0.25) is 0 Å². The Kier molecular flexibility index (Phi) is 6.26. The van der Waals surface area contributed by atoms with Gasteiger partial charge in [-0.15, -0.1) is 0 Å². The molecule has 136 valence electrons. The highest BCUT2D eigenvalue weighted by Gasteiger charge is 2.18. The van der Waals surface area contributed by atoms with Crippen molar-refractivity contribution in [2.24, 2.45) is 0 Å². The summed E-state index contributed by atoms with van der Waals surface area (Å²) in [5.74, 6) is -0.507. The van der Waals surface area contributed by atoms with E-state index in [0.29, 0.717) is 12.2 Å². The van der Waals surface area contributed by atoms with Crippen LogP contribution in [-0.4, -0.2) is 30.4 Å². The van der Waals surface area contributed by atoms with Gasteiger partial charge >= 0.3 is 5.69 Å². The molecule has 2 amide bonds. The standard InChI is InChI=1S/C18H19N3O5/c1-3-26-16-9-8-14(10-15(16)21(24)25)18(23)20-11-12-4-6-13(7-5-12)17(22)19-2/h4-10H,3,11H2,1-2H3,(H,19,22)(H,20,23). The van der Waals surface area contributed by atoms with Gasteiger partial charge in [0.05, 0.1) is 11.5 Å². The normalized spacial score (nSPS) is 10.1. The lowest BCUT2D eigenvalue weighted by Crippen LogP contribution is -2.23. The summed E-state index contributed by atoms with van der Waals surface area (Å²) < 4.78 is 5.20. The van der Waals surface area contributed by atoms with Crippen LogP contribution in [0.2, 0.25) is 0 Å². The molecule has 0 unspecified atom stereocenters. The number of hydrogen-bond donors (Lipinski definition) is 2. The maximum Gasteiger partial charge on any atom is 0.311 e. The largest absolute Gasteiger partial charge is 0.487 e. The summed E-state index contributed by atoms with van der Waals surface area (Å²) in [5.41, 5.74) is 1.23. The molecule has 0 spiro atoms. The minimum absolute atomic E-state index is 0.124. The van der Waals surface area contributed by atoms with Gasteiger partial charge in [-0.25, -0.2) is 0 Å². The van der Waals surface area contributed by atoms with Crippen molar-refractivity contribution >= 4 is 17.5 Å². The van der Waals surface area contributed by atoms with Gasteiger partial charge in [0, 0.05) is 30.8 Å². The first-order valence-electron chi connectivity index (χ1n) is 7.96. The second-order valence-corrected chi connectivity index (χ2v) is 5.33. The number of nitro groups is 1. The number of benzene rings is 2. The van der Waals surface area contributed by atoms with E-state index in [1.807, 2.05) is 0 Å². The number of nitrogens with one attached hydrogen (secondary N) is 2. The lowest BCUT2D eigenvalue weighted by Gasteiger charge is -2.08. The summed E-state index contributed by atoms with van der Waals surface area (Å²) >= 11 is 0. The fourth-order valence-electron chi connectivity index (χ4n) is 2.28. The quantitative estimate of drug-likeness (QED) is 0.583. The average molecular weight is 357 g/mol. The van der Waals surface area contributed by atoms with Gasteiger partial charge in [-0.05, 0) is 36.8 Å². The molecule has 0 bridgehead atoms. The highest BCUT2D eigenvalue weighted by molar-refractivity contribution is 5.95. The van der Waals surface area contributed by atoms with Crippen molar-refractivity contribution in [3.8, 4) is 5.75 Å². The molecule has 0 radical (unpaired) electrons. The van der Waals surface area contributed by atoms with Crippen molar-refractivity contribution in [2.75, 3.05) is 13.7 Å². The molecule has 0 saturated carbocycles. The van der Waals surface area contributed by atoms with Gasteiger partial charge in [-0.2, -0.15) is 0 Å². The smallest absolute Gasteiger partial charge is 0.311 e. The molecule has 8 nitrogen and oxygen atoms in total. The van der Waals surface area contributed by atoms with E-state index < -0.39 is 10.8 Å². The summed E-state index contributed by atoms with van der Waals surface area (Å²) in [6.45, 7) is 2.24. The Hall–Kier alpha value is -3.42. The van der Waals surface area contributed by atoms with Crippen molar-refractivity contribution in [2.45, 2.75) is 13.5 Å². The first kappa shape index (κ1) is 18.9. The molecule has 0 atom stereocenters. The second kappa shape index (κ2) is 8.61. The molecule has 2 aromatic carbocycles. The van der Waals surface area contributed by atoms with Crippen LogP contribution in [-0.2, 0) is 6.54 Å². The van der Waals surface area contributed by atoms with Crippen molar-refractivity contribution in [3.05, 3.63) is 69.3 Å². The fraction of sp³-hybridized carbons (Fsp3) is 0.222. The maximum atomic E-state index is 12.2. The van der Waals surface area contributed by atoms with E-state index in [0.717, 1.165) is 5.56 Å². The van der Waals surface area contributed by atoms with Crippen LogP contribution in [0, 0.1) is 10.1 Å². The van der Waals surface area contributed by atoms with Crippen LogP contribution in [0.3, 0.4) is 0 Å². The SMILES string of the molecule is CCOc1ccc(C(=O)NCc2ccc(C(=O)NC)cc2)cc1[N+](=O)[O-]. The third-order valence-electron chi connectivity index (χ3n) is 3.61. The molecule has 26 heavy (non-hydrogen) atoms. The highest BCUT2D eigenvalue weighted by atomic mass is 16.6. The molecule has 0 aliphatic rings. The van der Waals surface area contributed by atoms with E-state index in [-0.39, 0.29) is 29.5 Å². The Balaban J connectivity index is 2.06. The van der Waals surface area contributed by atoms with E-state index >= 15 is 0 Å². The summed E-state index contributed by atoms with van der Waals surface area (Å²) in [7, 11) is 1.55. The summed E-state index contributed by atoms with van der Waals surface area (Å²) in [6.07, 6.45) is 0. The first-order chi connectivity index (χ1) is 12.5. The third-order valence-corrected chi connectivity index (χ3v) is 3.61. The van der Waals surface area contributed by atoms with Gasteiger partial charge in [0.1, 0.15) is 0 Å². The van der Waals surface area contributed by atoms with Crippen LogP contribution in [0.15, 0.2) is 42.5 Å². The molecule has 8 heteroatoms. The molecule has 2 aromatic rings. The first-order valence-corrected chi connectivity index (χ1v) is 7.96. The maximum absolute atomic E-state index is 12.2. The zero-order chi connectivity index (χ0) is 19.1. The molecule has 2 rings (SSSR count). The van der Waals surface area contributed by atoms with Gasteiger partial charge in [0.25, 0.3) is 11.8 Å². The number of rotatable bonds is 7. The topological polar surface area (TPSA) is 111 Å². The zero-order valence-corrected chi connectivity index (χ0v) is 14.4. The zero-order valence-electron chi connectivity index (χ0n) is 14.4. The fourth-order valence-corrected chi connectivity index (χ4v) is 2.28. The predicted octanol–water partition coefficient (Wildman–Crippen LogP) is 2.28. The van der Waals surface area contributed by atoms with E-state index in [9.17, 15) is 19.7 Å². The van der Waals surface area contributed by atoms with Gasteiger partial charge in [-0.1, -0.05) is 12.1 Å².